The summed E-state index contributed by atoms with van der Waals surface area (Å²) in [7, 11) is -0.171. The molecule has 0 aliphatic carbocycles. The minimum atomic E-state index is -0.171. The number of hydrogen-bond donors (Lipinski definition) is 0. The van der Waals surface area contributed by atoms with Crippen molar-refractivity contribution < 1.29 is 17.1 Å². The van der Waals surface area contributed by atoms with Gasteiger partial charge in [0.1, 0.15) is 0 Å². The monoisotopic (exact) mass is 398 g/mol. The Labute approximate surface area is 168 Å². The Morgan fingerprint density at radius 2 is 0.962 bits per heavy atom. The van der Waals surface area contributed by atoms with Crippen molar-refractivity contribution in [2.45, 2.75) is 12.3 Å². The SMILES string of the molecule is [Fe].[cH-]1[cH-][cH-][cH-][cH-]1.c1ccc(CP(Cc2ccccc2)[c-]2cccc2)cc1. The van der Waals surface area contributed by atoms with Gasteiger partial charge in [0.2, 0.25) is 0 Å². The van der Waals surface area contributed by atoms with Gasteiger partial charge in [-0.15, -0.1) is 13.2 Å². The van der Waals surface area contributed by atoms with Crippen LogP contribution in [0.15, 0.2) is 115 Å². The van der Waals surface area contributed by atoms with Crippen molar-refractivity contribution in [3.8, 4) is 0 Å². The summed E-state index contributed by atoms with van der Waals surface area (Å²) in [5.74, 6) is 0. The van der Waals surface area contributed by atoms with Gasteiger partial charge in [-0.3, -0.25) is 0 Å². The van der Waals surface area contributed by atoms with E-state index in [-0.39, 0.29) is 25.0 Å². The molecule has 0 aromatic heterocycles. The average molecular weight is 398 g/mol. The maximum Gasteiger partial charge on any atom is 0 e. The molecule has 26 heavy (non-hydrogen) atoms. The van der Waals surface area contributed by atoms with E-state index in [0.29, 0.717) is 0 Å². The van der Waals surface area contributed by atoms with E-state index >= 15 is 0 Å². The van der Waals surface area contributed by atoms with Gasteiger partial charge in [-0.25, -0.2) is 12.1 Å². The summed E-state index contributed by atoms with van der Waals surface area (Å²) < 4.78 is 0. The molecule has 0 heterocycles. The van der Waals surface area contributed by atoms with Crippen LogP contribution in [0.2, 0.25) is 0 Å². The maximum atomic E-state index is 2.28. The van der Waals surface area contributed by atoms with Gasteiger partial charge in [0.25, 0.3) is 0 Å². The van der Waals surface area contributed by atoms with E-state index < -0.39 is 0 Å². The summed E-state index contributed by atoms with van der Waals surface area (Å²) in [4.78, 5) is 0. The molecule has 4 rings (SSSR count). The molecule has 2 heteroatoms. The van der Waals surface area contributed by atoms with Gasteiger partial charge in [0, 0.05) is 17.1 Å². The molecule has 0 bridgehead atoms. The number of hydrogen-bond acceptors (Lipinski definition) is 0. The second-order valence-electron chi connectivity index (χ2n) is 5.93. The van der Waals surface area contributed by atoms with Crippen LogP contribution in [0, 0.1) is 0 Å². The summed E-state index contributed by atoms with van der Waals surface area (Å²) in [6.45, 7) is 0. The van der Waals surface area contributed by atoms with Crippen LogP contribution in [0.1, 0.15) is 11.1 Å². The molecular weight excluding hydrogens is 375 g/mol. The fourth-order valence-corrected chi connectivity index (χ4v) is 5.12. The smallest absolute Gasteiger partial charge is 0 e. The van der Waals surface area contributed by atoms with E-state index in [1.165, 1.54) is 16.4 Å². The summed E-state index contributed by atoms with van der Waals surface area (Å²) in [6.07, 6.45) is 2.32. The zero-order valence-corrected chi connectivity index (χ0v) is 16.7. The van der Waals surface area contributed by atoms with E-state index in [2.05, 4.69) is 84.9 Å². The second-order valence-corrected chi connectivity index (χ2v) is 8.16. The molecule has 0 radical (unpaired) electrons. The quantitative estimate of drug-likeness (QED) is 0.210. The van der Waals surface area contributed by atoms with E-state index in [1.54, 1.807) is 0 Å². The average Bonchev–Trinajstić information content (AvgIpc) is 3.39. The molecule has 0 amide bonds. The van der Waals surface area contributed by atoms with Crippen LogP contribution >= 0.6 is 7.92 Å². The van der Waals surface area contributed by atoms with Gasteiger partial charge in [-0.1, -0.05) is 60.7 Å². The van der Waals surface area contributed by atoms with Crippen molar-refractivity contribution >= 4 is 13.2 Å². The molecule has 0 N–H and O–H groups in total. The summed E-state index contributed by atoms with van der Waals surface area (Å²) in [5.41, 5.74) is 2.88. The van der Waals surface area contributed by atoms with Crippen LogP contribution in [0.5, 0.6) is 0 Å². The predicted molar refractivity (Wildman–Crippen MR) is 111 cm³/mol. The van der Waals surface area contributed by atoms with Gasteiger partial charge in [-0.05, 0) is 23.5 Å². The number of rotatable bonds is 5. The molecule has 138 valence electrons. The minimum absolute atomic E-state index is 0. The first-order valence-corrected chi connectivity index (χ1v) is 10.3. The molecule has 0 spiro atoms. The fourth-order valence-electron chi connectivity index (χ4n) is 2.74. The number of benzene rings is 2. The Balaban J connectivity index is 0.000000351. The van der Waals surface area contributed by atoms with Crippen LogP contribution in [0.4, 0.5) is 0 Å². The van der Waals surface area contributed by atoms with Crippen LogP contribution in [0.25, 0.3) is 0 Å². The maximum absolute atomic E-state index is 2.28. The van der Waals surface area contributed by atoms with Gasteiger partial charge < -0.3 is 30.3 Å². The molecule has 4 aromatic carbocycles. The van der Waals surface area contributed by atoms with Crippen LogP contribution in [-0.2, 0) is 29.4 Å². The largest absolute Gasteiger partial charge is 0.748 e. The second kappa shape index (κ2) is 11.7. The molecule has 4 aromatic rings. The molecule has 0 aliphatic rings. The molecule has 0 unspecified atom stereocenters. The summed E-state index contributed by atoms with van der Waals surface area (Å²) in [5, 5.41) is 1.51. The van der Waals surface area contributed by atoms with Crippen LogP contribution < -0.4 is 5.30 Å². The van der Waals surface area contributed by atoms with Gasteiger partial charge in [0.15, 0.2) is 0 Å². The van der Waals surface area contributed by atoms with E-state index in [1.807, 2.05) is 30.3 Å². The minimum Gasteiger partial charge on any atom is -0.748 e. The molecule has 0 saturated heterocycles. The molecule has 0 nitrogen and oxygen atoms in total. The topological polar surface area (TPSA) is 0 Å². The van der Waals surface area contributed by atoms with E-state index in [0.717, 1.165) is 12.3 Å². The van der Waals surface area contributed by atoms with Gasteiger partial charge in [-0.2, -0.15) is 12.1 Å². The molecule has 0 aliphatic heterocycles. The van der Waals surface area contributed by atoms with Crippen LogP contribution in [-0.4, -0.2) is 0 Å². The van der Waals surface area contributed by atoms with Crippen molar-refractivity contribution in [2.24, 2.45) is 0 Å². The van der Waals surface area contributed by atoms with Crippen molar-refractivity contribution in [3.63, 3.8) is 0 Å². The Hall–Kier alpha value is -1.91. The van der Waals surface area contributed by atoms with Crippen molar-refractivity contribution in [3.05, 3.63) is 126 Å². The standard InChI is InChI=1S/C19H18P.C5H5.Fe/c1-3-9-17(10-4-1)15-20(19-13-7-8-14-19)16-18-11-5-2-6-12-18;1-2-4-5-3-1;/h1-14H,15-16H2;1-5H;/q-1;-5;. The third kappa shape index (κ3) is 6.77. The first-order valence-electron chi connectivity index (χ1n) is 8.63. The van der Waals surface area contributed by atoms with E-state index in [9.17, 15) is 0 Å². The molecular formula is C24H23FeP-6. The predicted octanol–water partition coefficient (Wildman–Crippen LogP) is 6.32. The zero-order valence-electron chi connectivity index (χ0n) is 14.7. The van der Waals surface area contributed by atoms with Gasteiger partial charge in [0.05, 0.1) is 0 Å². The van der Waals surface area contributed by atoms with Crippen LogP contribution in [0.3, 0.4) is 0 Å². The fraction of sp³-hybridized carbons (Fsp3) is 0.0833. The first kappa shape index (κ1) is 20.4. The van der Waals surface area contributed by atoms with Crippen molar-refractivity contribution in [2.75, 3.05) is 0 Å². The van der Waals surface area contributed by atoms with Gasteiger partial charge >= 0.3 is 0 Å². The Morgan fingerprint density at radius 3 is 1.35 bits per heavy atom. The molecule has 0 atom stereocenters. The Morgan fingerprint density at radius 1 is 0.577 bits per heavy atom. The van der Waals surface area contributed by atoms with Crippen molar-refractivity contribution in [1.29, 1.82) is 0 Å². The first-order chi connectivity index (χ1) is 12.4. The normalized spacial score (nSPS) is 9.88. The third-order valence-corrected chi connectivity index (χ3v) is 6.52. The summed E-state index contributed by atoms with van der Waals surface area (Å²) in [6, 6.07) is 40.5. The Kier molecular flexibility index (Phi) is 9.15. The molecule has 0 fully saturated rings. The van der Waals surface area contributed by atoms with E-state index in [4.69, 9.17) is 0 Å². The third-order valence-electron chi connectivity index (χ3n) is 4.00. The molecule has 0 saturated carbocycles. The Bertz CT molecular complexity index is 731. The summed E-state index contributed by atoms with van der Waals surface area (Å²) >= 11 is 0. The zero-order chi connectivity index (χ0) is 17.2. The van der Waals surface area contributed by atoms with Crippen molar-refractivity contribution in [1.82, 2.24) is 0 Å².